The zero-order valence-corrected chi connectivity index (χ0v) is 14.4. The number of hydrogen-bond donors (Lipinski definition) is 1. The van der Waals surface area contributed by atoms with Gasteiger partial charge in [-0.25, -0.2) is 0 Å². The molecular weight excluding hydrogens is 307 g/mol. The molecular formula is C16H26Cl2N2O. The molecule has 0 aliphatic carbocycles. The van der Waals surface area contributed by atoms with Crippen molar-refractivity contribution in [3.8, 4) is 0 Å². The van der Waals surface area contributed by atoms with Gasteiger partial charge >= 0.3 is 0 Å². The first-order valence-corrected chi connectivity index (χ1v) is 7.65. The highest BCUT2D eigenvalue weighted by Gasteiger charge is 2.16. The Labute approximate surface area is 139 Å². The van der Waals surface area contributed by atoms with Crippen molar-refractivity contribution >= 4 is 29.9 Å². The molecule has 0 aromatic heterocycles. The van der Waals surface area contributed by atoms with Crippen LogP contribution >= 0.6 is 24.0 Å². The molecule has 0 fully saturated rings. The van der Waals surface area contributed by atoms with Crippen LogP contribution in [0.4, 0.5) is 0 Å². The Hall–Kier alpha value is -0.770. The third kappa shape index (κ3) is 7.16. The van der Waals surface area contributed by atoms with E-state index in [1.54, 1.807) is 4.90 Å². The first kappa shape index (κ1) is 20.2. The summed E-state index contributed by atoms with van der Waals surface area (Å²) in [5, 5.41) is 0.706. The molecule has 1 aromatic rings. The molecule has 0 spiro atoms. The van der Waals surface area contributed by atoms with Gasteiger partial charge in [0.25, 0.3) is 0 Å². The predicted octanol–water partition coefficient (Wildman–Crippen LogP) is 4.19. The summed E-state index contributed by atoms with van der Waals surface area (Å²) < 4.78 is 0. The van der Waals surface area contributed by atoms with Gasteiger partial charge < -0.3 is 10.6 Å². The van der Waals surface area contributed by atoms with Gasteiger partial charge in [-0.15, -0.1) is 12.4 Å². The standard InChI is InChI=1S/C16H25ClN2O.ClH/c1-13(14-8-7-9-15(17)12-14)19(2)16(20)10-5-3-4-6-11-18;/h7-9,12-13H,3-6,10-11,18H2,1-2H3;1H. The molecule has 3 nitrogen and oxygen atoms in total. The Balaban J connectivity index is 0.00000400. The molecule has 5 heteroatoms. The maximum atomic E-state index is 12.1. The Bertz CT molecular complexity index is 426. The van der Waals surface area contributed by atoms with Gasteiger partial charge in [-0.3, -0.25) is 4.79 Å². The molecule has 0 bridgehead atoms. The van der Waals surface area contributed by atoms with E-state index < -0.39 is 0 Å². The van der Waals surface area contributed by atoms with Gasteiger partial charge in [-0.2, -0.15) is 0 Å². The normalized spacial score (nSPS) is 11.6. The largest absolute Gasteiger partial charge is 0.339 e. The van der Waals surface area contributed by atoms with E-state index in [0.29, 0.717) is 11.4 Å². The molecule has 0 radical (unpaired) electrons. The molecule has 0 saturated heterocycles. The van der Waals surface area contributed by atoms with Gasteiger partial charge in [0.05, 0.1) is 6.04 Å². The summed E-state index contributed by atoms with van der Waals surface area (Å²) in [4.78, 5) is 13.9. The van der Waals surface area contributed by atoms with Crippen molar-refractivity contribution in [3.05, 3.63) is 34.9 Å². The molecule has 21 heavy (non-hydrogen) atoms. The van der Waals surface area contributed by atoms with Gasteiger partial charge in [-0.1, -0.05) is 36.6 Å². The third-order valence-electron chi connectivity index (χ3n) is 3.65. The van der Waals surface area contributed by atoms with Gasteiger partial charge in [0.1, 0.15) is 0 Å². The Kier molecular flexibility index (Phi) is 10.5. The second-order valence-corrected chi connectivity index (χ2v) is 5.62. The lowest BCUT2D eigenvalue weighted by Crippen LogP contribution is -2.29. The summed E-state index contributed by atoms with van der Waals surface area (Å²) >= 11 is 5.99. The maximum Gasteiger partial charge on any atom is 0.222 e. The summed E-state index contributed by atoms with van der Waals surface area (Å²) in [6.45, 7) is 2.76. The minimum Gasteiger partial charge on any atom is -0.339 e. The maximum absolute atomic E-state index is 12.1. The summed E-state index contributed by atoms with van der Waals surface area (Å²) in [5.41, 5.74) is 6.52. The van der Waals surface area contributed by atoms with Crippen molar-refractivity contribution < 1.29 is 4.79 Å². The van der Waals surface area contributed by atoms with Crippen molar-refractivity contribution in [2.24, 2.45) is 5.73 Å². The van der Waals surface area contributed by atoms with E-state index in [1.807, 2.05) is 38.2 Å². The Morgan fingerprint density at radius 1 is 1.29 bits per heavy atom. The number of amides is 1. The lowest BCUT2D eigenvalue weighted by molar-refractivity contribution is -0.131. The molecule has 0 aliphatic rings. The van der Waals surface area contributed by atoms with Gasteiger partial charge in [0.15, 0.2) is 0 Å². The molecule has 0 saturated carbocycles. The number of nitrogens with zero attached hydrogens (tertiary/aromatic N) is 1. The molecule has 120 valence electrons. The first-order valence-electron chi connectivity index (χ1n) is 7.27. The highest BCUT2D eigenvalue weighted by atomic mass is 35.5. The first-order chi connectivity index (χ1) is 9.56. The summed E-state index contributed by atoms with van der Waals surface area (Å²) in [6.07, 6.45) is 4.76. The number of nitrogens with two attached hydrogens (primary N) is 1. The smallest absolute Gasteiger partial charge is 0.222 e. The van der Waals surface area contributed by atoms with Gasteiger partial charge in [0.2, 0.25) is 5.91 Å². The predicted molar refractivity (Wildman–Crippen MR) is 92.0 cm³/mol. The quantitative estimate of drug-likeness (QED) is 0.725. The van der Waals surface area contributed by atoms with Crippen LogP contribution in [0.25, 0.3) is 0 Å². The van der Waals surface area contributed by atoms with E-state index in [0.717, 1.165) is 37.8 Å². The van der Waals surface area contributed by atoms with Crippen LogP contribution < -0.4 is 5.73 Å². The zero-order chi connectivity index (χ0) is 15.0. The van der Waals surface area contributed by atoms with E-state index in [1.165, 1.54) is 0 Å². The zero-order valence-electron chi connectivity index (χ0n) is 12.8. The van der Waals surface area contributed by atoms with E-state index in [4.69, 9.17) is 17.3 Å². The lowest BCUT2D eigenvalue weighted by atomic mass is 10.1. The molecule has 0 heterocycles. The van der Waals surface area contributed by atoms with Crippen LogP contribution in [0.2, 0.25) is 5.02 Å². The van der Waals surface area contributed by atoms with Crippen molar-refractivity contribution in [2.45, 2.75) is 45.1 Å². The minimum atomic E-state index is 0. The second kappa shape index (κ2) is 10.9. The second-order valence-electron chi connectivity index (χ2n) is 5.19. The van der Waals surface area contributed by atoms with Crippen LogP contribution in [0.15, 0.2) is 24.3 Å². The fourth-order valence-electron chi connectivity index (χ4n) is 2.16. The van der Waals surface area contributed by atoms with Crippen molar-refractivity contribution in [1.29, 1.82) is 0 Å². The van der Waals surface area contributed by atoms with Crippen molar-refractivity contribution in [1.82, 2.24) is 4.90 Å². The fraction of sp³-hybridized carbons (Fsp3) is 0.562. The highest BCUT2D eigenvalue weighted by Crippen LogP contribution is 2.22. The van der Waals surface area contributed by atoms with Crippen LogP contribution in [-0.2, 0) is 4.79 Å². The van der Waals surface area contributed by atoms with E-state index >= 15 is 0 Å². The monoisotopic (exact) mass is 332 g/mol. The SMILES string of the molecule is CC(c1cccc(Cl)c1)N(C)C(=O)CCCCCCN.Cl. The van der Waals surface area contributed by atoms with Crippen LogP contribution in [-0.4, -0.2) is 24.4 Å². The number of unbranched alkanes of at least 4 members (excludes halogenated alkanes) is 3. The number of rotatable bonds is 8. The third-order valence-corrected chi connectivity index (χ3v) is 3.89. The van der Waals surface area contributed by atoms with E-state index in [2.05, 4.69) is 0 Å². The Morgan fingerprint density at radius 2 is 1.95 bits per heavy atom. The lowest BCUT2D eigenvalue weighted by Gasteiger charge is -2.25. The van der Waals surface area contributed by atoms with Crippen LogP contribution in [0.3, 0.4) is 0 Å². The molecule has 1 aromatic carbocycles. The number of carbonyl (C=O) groups excluding carboxylic acids is 1. The highest BCUT2D eigenvalue weighted by molar-refractivity contribution is 6.30. The van der Waals surface area contributed by atoms with Gasteiger partial charge in [-0.05, 0) is 44.0 Å². The molecule has 1 amide bonds. The fourth-order valence-corrected chi connectivity index (χ4v) is 2.36. The van der Waals surface area contributed by atoms with E-state index in [9.17, 15) is 4.79 Å². The number of hydrogen-bond acceptors (Lipinski definition) is 2. The number of benzene rings is 1. The Morgan fingerprint density at radius 3 is 2.57 bits per heavy atom. The topological polar surface area (TPSA) is 46.3 Å². The summed E-state index contributed by atoms with van der Waals surface area (Å²) in [5.74, 6) is 0.185. The summed E-state index contributed by atoms with van der Waals surface area (Å²) in [6, 6.07) is 7.72. The molecule has 1 unspecified atom stereocenters. The molecule has 2 N–H and O–H groups in total. The van der Waals surface area contributed by atoms with E-state index in [-0.39, 0.29) is 24.4 Å². The van der Waals surface area contributed by atoms with Crippen molar-refractivity contribution in [3.63, 3.8) is 0 Å². The van der Waals surface area contributed by atoms with Crippen LogP contribution in [0, 0.1) is 0 Å². The van der Waals surface area contributed by atoms with Crippen LogP contribution in [0.1, 0.15) is 50.6 Å². The van der Waals surface area contributed by atoms with Crippen LogP contribution in [0.5, 0.6) is 0 Å². The number of halogens is 2. The summed E-state index contributed by atoms with van der Waals surface area (Å²) in [7, 11) is 1.85. The molecule has 1 atom stereocenters. The molecule has 0 aliphatic heterocycles. The number of carbonyl (C=O) groups is 1. The van der Waals surface area contributed by atoms with Crippen molar-refractivity contribution in [2.75, 3.05) is 13.6 Å². The average Bonchev–Trinajstić information content (AvgIpc) is 2.45. The minimum absolute atomic E-state index is 0. The average molecular weight is 333 g/mol. The van der Waals surface area contributed by atoms with Gasteiger partial charge in [0, 0.05) is 18.5 Å². The molecule has 1 rings (SSSR count).